The molecule has 29 heavy (non-hydrogen) atoms. The molecule has 3 aromatic rings. The van der Waals surface area contributed by atoms with Crippen molar-refractivity contribution in [1.82, 2.24) is 5.32 Å². The lowest BCUT2D eigenvalue weighted by Gasteiger charge is -2.29. The molecular weight excluding hydrogens is 384 g/mol. The Morgan fingerprint density at radius 3 is 2.28 bits per heavy atom. The number of hydrogen-bond acceptors (Lipinski definition) is 3. The van der Waals surface area contributed by atoms with E-state index < -0.39 is 16.1 Å². The van der Waals surface area contributed by atoms with E-state index in [1.165, 1.54) is 4.31 Å². The molecule has 1 amide bonds. The van der Waals surface area contributed by atoms with E-state index in [9.17, 15) is 13.2 Å². The zero-order valence-electron chi connectivity index (χ0n) is 17.1. The molecule has 3 aromatic carbocycles. The molecule has 0 aromatic heterocycles. The van der Waals surface area contributed by atoms with Crippen molar-refractivity contribution in [2.75, 3.05) is 10.6 Å². The van der Waals surface area contributed by atoms with Gasteiger partial charge in [0.1, 0.15) is 6.04 Å². The zero-order chi connectivity index (χ0) is 21.2. The maximum Gasteiger partial charge on any atom is 0.243 e. The van der Waals surface area contributed by atoms with E-state index >= 15 is 0 Å². The van der Waals surface area contributed by atoms with Gasteiger partial charge in [0.05, 0.1) is 11.9 Å². The second-order valence-corrected chi connectivity index (χ2v) is 9.30. The lowest BCUT2D eigenvalue weighted by Crippen LogP contribution is -2.47. The van der Waals surface area contributed by atoms with Crippen molar-refractivity contribution in [2.24, 2.45) is 0 Å². The minimum Gasteiger partial charge on any atom is -0.350 e. The van der Waals surface area contributed by atoms with Crippen LogP contribution in [0.3, 0.4) is 0 Å². The van der Waals surface area contributed by atoms with Crippen LogP contribution in [0, 0.1) is 13.8 Å². The van der Waals surface area contributed by atoms with Gasteiger partial charge in [-0.3, -0.25) is 9.10 Å². The molecule has 0 saturated carbocycles. The summed E-state index contributed by atoms with van der Waals surface area (Å²) < 4.78 is 26.2. The third-order valence-electron chi connectivity index (χ3n) is 4.88. The third kappa shape index (κ3) is 4.77. The predicted octanol–water partition coefficient (Wildman–Crippen LogP) is 3.93. The van der Waals surface area contributed by atoms with Gasteiger partial charge in [0, 0.05) is 6.54 Å². The molecule has 0 saturated heterocycles. The van der Waals surface area contributed by atoms with E-state index in [0.29, 0.717) is 12.2 Å². The predicted molar refractivity (Wildman–Crippen MR) is 118 cm³/mol. The van der Waals surface area contributed by atoms with Gasteiger partial charge < -0.3 is 5.32 Å². The Morgan fingerprint density at radius 2 is 1.62 bits per heavy atom. The molecule has 0 heterocycles. The van der Waals surface area contributed by atoms with Crippen molar-refractivity contribution < 1.29 is 13.2 Å². The maximum atomic E-state index is 12.9. The van der Waals surface area contributed by atoms with Crippen LogP contribution in [-0.2, 0) is 21.4 Å². The van der Waals surface area contributed by atoms with Gasteiger partial charge in [0.15, 0.2) is 0 Å². The number of hydrogen-bond donors (Lipinski definition) is 1. The minimum atomic E-state index is -3.64. The average molecular weight is 411 g/mol. The number of anilines is 1. The van der Waals surface area contributed by atoms with E-state index in [0.717, 1.165) is 33.7 Å². The first-order chi connectivity index (χ1) is 13.7. The first-order valence-electron chi connectivity index (χ1n) is 9.49. The highest BCUT2D eigenvalue weighted by Crippen LogP contribution is 2.24. The van der Waals surface area contributed by atoms with Crippen LogP contribution >= 0.6 is 0 Å². The van der Waals surface area contributed by atoms with Crippen LogP contribution in [0.5, 0.6) is 0 Å². The highest BCUT2D eigenvalue weighted by Gasteiger charge is 2.29. The minimum absolute atomic E-state index is 0.328. The fourth-order valence-electron chi connectivity index (χ4n) is 3.66. The molecule has 0 aliphatic heterocycles. The molecule has 3 rings (SSSR count). The van der Waals surface area contributed by atoms with E-state index in [2.05, 4.69) is 5.32 Å². The van der Waals surface area contributed by atoms with Crippen LogP contribution in [0.4, 0.5) is 5.69 Å². The van der Waals surface area contributed by atoms with Gasteiger partial charge >= 0.3 is 0 Å². The number of carbonyl (C=O) groups is 1. The molecule has 0 bridgehead atoms. The fourth-order valence-corrected chi connectivity index (χ4v) is 4.82. The van der Waals surface area contributed by atoms with Crippen molar-refractivity contribution in [2.45, 2.75) is 33.4 Å². The number of aryl methyl sites for hydroxylation is 2. The number of benzene rings is 3. The average Bonchev–Trinajstić information content (AvgIpc) is 2.64. The Hall–Kier alpha value is -2.86. The van der Waals surface area contributed by atoms with Crippen molar-refractivity contribution >= 4 is 32.4 Å². The number of carbonyl (C=O) groups excluding carboxylic acids is 1. The van der Waals surface area contributed by atoms with E-state index in [1.54, 1.807) is 19.1 Å². The summed E-state index contributed by atoms with van der Waals surface area (Å²) in [6.45, 7) is 5.75. The second kappa shape index (κ2) is 8.25. The summed E-state index contributed by atoms with van der Waals surface area (Å²) in [5.74, 6) is -0.345. The Bertz CT molecular complexity index is 1130. The van der Waals surface area contributed by atoms with Crippen LogP contribution in [0.1, 0.15) is 23.6 Å². The van der Waals surface area contributed by atoms with Crippen LogP contribution in [0.15, 0.2) is 60.7 Å². The summed E-state index contributed by atoms with van der Waals surface area (Å²) in [6.07, 6.45) is 1.12. The highest BCUT2D eigenvalue weighted by molar-refractivity contribution is 7.92. The van der Waals surface area contributed by atoms with Gasteiger partial charge in [0.2, 0.25) is 15.9 Å². The van der Waals surface area contributed by atoms with Gasteiger partial charge in [-0.1, -0.05) is 48.5 Å². The normalized spacial score (nSPS) is 12.6. The number of sulfonamides is 1. The van der Waals surface area contributed by atoms with Crippen molar-refractivity contribution in [1.29, 1.82) is 0 Å². The van der Waals surface area contributed by atoms with E-state index in [4.69, 9.17) is 0 Å². The monoisotopic (exact) mass is 410 g/mol. The molecule has 152 valence electrons. The van der Waals surface area contributed by atoms with Gasteiger partial charge in [-0.25, -0.2) is 8.42 Å². The van der Waals surface area contributed by atoms with Crippen LogP contribution in [-0.4, -0.2) is 26.6 Å². The number of fused-ring (bicyclic) bond motifs is 1. The van der Waals surface area contributed by atoms with Gasteiger partial charge in [-0.15, -0.1) is 0 Å². The van der Waals surface area contributed by atoms with Crippen molar-refractivity contribution in [3.8, 4) is 0 Å². The molecule has 0 fully saturated rings. The standard InChI is InChI=1S/C23H26N2O3S/c1-16-12-17(2)14-21(13-16)25(29(4,27)28)18(3)23(26)24-15-20-10-7-9-19-8-5-6-11-22(19)20/h5-14,18H,15H2,1-4H3,(H,24,26)/t18-/m0/s1. The van der Waals surface area contributed by atoms with E-state index in [1.807, 2.05) is 62.4 Å². The SMILES string of the molecule is Cc1cc(C)cc(N([C@@H](C)C(=O)NCc2cccc3ccccc23)S(C)(=O)=O)c1. The third-order valence-corrected chi connectivity index (χ3v) is 6.12. The Balaban J connectivity index is 1.84. The van der Waals surface area contributed by atoms with Crippen molar-refractivity contribution in [3.63, 3.8) is 0 Å². The van der Waals surface area contributed by atoms with Gasteiger partial charge in [-0.05, 0) is 60.4 Å². The number of amides is 1. The summed E-state index contributed by atoms with van der Waals surface area (Å²) in [5.41, 5.74) is 3.37. The smallest absolute Gasteiger partial charge is 0.243 e. The summed E-state index contributed by atoms with van der Waals surface area (Å²) in [6, 6.07) is 18.6. The summed E-state index contributed by atoms with van der Waals surface area (Å²) >= 11 is 0. The summed E-state index contributed by atoms with van der Waals surface area (Å²) in [5, 5.41) is 5.06. The molecule has 0 aliphatic carbocycles. The van der Waals surface area contributed by atoms with Crippen LogP contribution < -0.4 is 9.62 Å². The first-order valence-corrected chi connectivity index (χ1v) is 11.3. The topological polar surface area (TPSA) is 66.5 Å². The molecule has 0 aliphatic rings. The number of rotatable bonds is 6. The molecule has 0 radical (unpaired) electrons. The molecular formula is C23H26N2O3S. The van der Waals surface area contributed by atoms with Crippen molar-refractivity contribution in [3.05, 3.63) is 77.4 Å². The van der Waals surface area contributed by atoms with E-state index in [-0.39, 0.29) is 5.91 Å². The fraction of sp³-hybridized carbons (Fsp3) is 0.261. The lowest BCUT2D eigenvalue weighted by molar-refractivity contribution is -0.122. The largest absolute Gasteiger partial charge is 0.350 e. The highest BCUT2D eigenvalue weighted by atomic mass is 32.2. The number of nitrogens with zero attached hydrogens (tertiary/aromatic N) is 1. The molecule has 0 unspecified atom stereocenters. The summed E-state index contributed by atoms with van der Waals surface area (Å²) in [4.78, 5) is 12.9. The molecule has 1 N–H and O–H groups in total. The second-order valence-electron chi connectivity index (χ2n) is 7.44. The quantitative estimate of drug-likeness (QED) is 0.670. The van der Waals surface area contributed by atoms with Gasteiger partial charge in [0.25, 0.3) is 0 Å². The Morgan fingerprint density at radius 1 is 1.00 bits per heavy atom. The maximum absolute atomic E-state index is 12.9. The Labute approximate surface area is 172 Å². The van der Waals surface area contributed by atoms with Crippen LogP contribution in [0.2, 0.25) is 0 Å². The zero-order valence-corrected chi connectivity index (χ0v) is 18.0. The van der Waals surface area contributed by atoms with Crippen LogP contribution in [0.25, 0.3) is 10.8 Å². The lowest BCUT2D eigenvalue weighted by atomic mass is 10.0. The van der Waals surface area contributed by atoms with Gasteiger partial charge in [-0.2, -0.15) is 0 Å². The molecule has 6 heteroatoms. The summed E-state index contributed by atoms with van der Waals surface area (Å²) in [7, 11) is -3.64. The molecule has 0 spiro atoms. The number of nitrogens with one attached hydrogen (secondary N) is 1. The first kappa shape index (κ1) is 20.9. The molecule has 5 nitrogen and oxygen atoms in total. The Kier molecular flexibility index (Phi) is 5.94. The molecule has 1 atom stereocenters.